The number of ether oxygens (including phenoxy) is 1. The minimum absolute atomic E-state index is 0.126. The minimum atomic E-state index is -0.867. The average Bonchev–Trinajstić information content (AvgIpc) is 2.53. The first-order valence-corrected chi connectivity index (χ1v) is 11.9. The number of hydrogen-bond acceptors (Lipinski definition) is 2. The first-order valence-electron chi connectivity index (χ1n) is 9.59. The van der Waals surface area contributed by atoms with Crippen LogP contribution in [0, 0.1) is 0 Å². The van der Waals surface area contributed by atoms with Crippen LogP contribution in [0.4, 0.5) is 0 Å². The highest BCUT2D eigenvalue weighted by atomic mass is 28.3. The number of carbonyl (C=O) groups is 1. The molecule has 2 nitrogen and oxygen atoms in total. The maximum atomic E-state index is 11.7. The van der Waals surface area contributed by atoms with Crippen molar-refractivity contribution < 1.29 is 9.53 Å². The summed E-state index contributed by atoms with van der Waals surface area (Å²) in [6.07, 6.45) is 14.2. The fraction of sp³-hybridized carbons (Fsp3) is 0.842. The average molecular weight is 327 g/mol. The van der Waals surface area contributed by atoms with E-state index in [1.54, 1.807) is 6.08 Å². The molecular weight excluding hydrogens is 288 g/mol. The van der Waals surface area contributed by atoms with E-state index in [1.807, 2.05) is 0 Å². The Morgan fingerprint density at radius 1 is 0.818 bits per heavy atom. The van der Waals surface area contributed by atoms with Crippen LogP contribution in [0.15, 0.2) is 11.8 Å². The summed E-state index contributed by atoms with van der Waals surface area (Å²) in [5.41, 5.74) is 2.22. The van der Waals surface area contributed by atoms with Crippen LogP contribution in [0.25, 0.3) is 0 Å². The van der Waals surface area contributed by atoms with Crippen LogP contribution < -0.4 is 0 Å². The Kier molecular flexibility index (Phi) is 16.4. The molecule has 0 aliphatic heterocycles. The molecule has 0 N–H and O–H groups in total. The van der Waals surface area contributed by atoms with Crippen molar-refractivity contribution in [3.05, 3.63) is 11.8 Å². The maximum Gasteiger partial charge on any atom is 0.330 e. The molecule has 22 heavy (non-hydrogen) atoms. The Hall–Kier alpha value is -0.573. The first-order chi connectivity index (χ1) is 10.7. The van der Waals surface area contributed by atoms with Gasteiger partial charge in [0, 0.05) is 6.08 Å². The summed E-state index contributed by atoms with van der Waals surface area (Å²) in [5, 5.41) is 0. The quantitative estimate of drug-likeness (QED) is 0.164. The monoisotopic (exact) mass is 326 g/mol. The van der Waals surface area contributed by atoms with Crippen LogP contribution >= 0.6 is 0 Å². The number of unbranched alkanes of at least 4 members (excludes halogenated alkanes) is 7. The second kappa shape index (κ2) is 16.8. The molecule has 0 bridgehead atoms. The van der Waals surface area contributed by atoms with Gasteiger partial charge in [-0.05, 0) is 6.42 Å². The summed E-state index contributed by atoms with van der Waals surface area (Å²) in [5.74, 6) is -0.126. The van der Waals surface area contributed by atoms with E-state index in [0.717, 1.165) is 6.42 Å². The molecule has 0 aliphatic carbocycles. The van der Waals surface area contributed by atoms with Gasteiger partial charge in [0.25, 0.3) is 0 Å². The molecule has 0 aromatic rings. The van der Waals surface area contributed by atoms with Gasteiger partial charge in [-0.3, -0.25) is 0 Å². The summed E-state index contributed by atoms with van der Waals surface area (Å²) in [6.45, 7) is 7.30. The van der Waals surface area contributed by atoms with Gasteiger partial charge in [-0.25, -0.2) is 4.79 Å². The van der Waals surface area contributed by atoms with Gasteiger partial charge < -0.3 is 4.74 Å². The van der Waals surface area contributed by atoms with Gasteiger partial charge in [0.2, 0.25) is 0 Å². The standard InChI is InChI=1S/C19H38O2Si/c1-4-7-10-11-12-13-15-21-19(20)14-18-22(16-8-5-2)17-9-6-3/h14,18,22H,4-13,15-17H2,1-3H3. The fourth-order valence-electron chi connectivity index (χ4n) is 2.59. The lowest BCUT2D eigenvalue weighted by atomic mass is 10.1. The van der Waals surface area contributed by atoms with Crippen molar-refractivity contribution in [2.75, 3.05) is 6.61 Å². The summed E-state index contributed by atoms with van der Waals surface area (Å²) in [6, 6.07) is 2.66. The van der Waals surface area contributed by atoms with E-state index in [4.69, 9.17) is 4.74 Å². The Bertz CT molecular complexity index is 269. The van der Waals surface area contributed by atoms with Crippen LogP contribution in [-0.2, 0) is 9.53 Å². The molecule has 3 heteroatoms. The van der Waals surface area contributed by atoms with Crippen LogP contribution in [0.5, 0.6) is 0 Å². The molecule has 0 unspecified atom stereocenters. The smallest absolute Gasteiger partial charge is 0.330 e. The van der Waals surface area contributed by atoms with E-state index in [1.165, 1.54) is 69.9 Å². The van der Waals surface area contributed by atoms with Crippen molar-refractivity contribution >= 4 is 14.8 Å². The van der Waals surface area contributed by atoms with Gasteiger partial charge in [0.05, 0.1) is 15.4 Å². The topological polar surface area (TPSA) is 26.3 Å². The van der Waals surface area contributed by atoms with E-state index in [-0.39, 0.29) is 5.97 Å². The molecule has 130 valence electrons. The van der Waals surface area contributed by atoms with Crippen molar-refractivity contribution in [2.45, 2.75) is 97.1 Å². The number of carbonyl (C=O) groups excluding carboxylic acids is 1. The summed E-state index contributed by atoms with van der Waals surface area (Å²) in [4.78, 5) is 11.7. The molecule has 0 aromatic carbocycles. The van der Waals surface area contributed by atoms with Crippen molar-refractivity contribution in [3.63, 3.8) is 0 Å². The zero-order chi connectivity index (χ0) is 16.5. The molecule has 0 radical (unpaired) electrons. The molecule has 0 atom stereocenters. The van der Waals surface area contributed by atoms with Crippen molar-refractivity contribution in [1.29, 1.82) is 0 Å². The summed E-state index contributed by atoms with van der Waals surface area (Å²) >= 11 is 0. The zero-order valence-electron chi connectivity index (χ0n) is 15.2. The van der Waals surface area contributed by atoms with E-state index in [9.17, 15) is 4.79 Å². The van der Waals surface area contributed by atoms with Gasteiger partial charge in [0.1, 0.15) is 0 Å². The highest BCUT2D eigenvalue weighted by Crippen LogP contribution is 2.11. The second-order valence-corrected chi connectivity index (χ2v) is 9.40. The van der Waals surface area contributed by atoms with Crippen LogP contribution in [0.1, 0.15) is 85.0 Å². The van der Waals surface area contributed by atoms with Gasteiger partial charge in [-0.15, -0.1) is 0 Å². The molecule has 0 saturated heterocycles. The molecule has 0 aliphatic rings. The first kappa shape index (κ1) is 21.4. The zero-order valence-corrected chi connectivity index (χ0v) is 16.4. The molecular formula is C19H38O2Si. The largest absolute Gasteiger partial charge is 0.463 e. The molecule has 0 aromatic heterocycles. The van der Waals surface area contributed by atoms with Gasteiger partial charge in [0.15, 0.2) is 0 Å². The molecule has 0 amide bonds. The Morgan fingerprint density at radius 2 is 1.36 bits per heavy atom. The van der Waals surface area contributed by atoms with Gasteiger partial charge >= 0.3 is 5.97 Å². The Balaban J connectivity index is 3.79. The van der Waals surface area contributed by atoms with Crippen LogP contribution in [0.3, 0.4) is 0 Å². The lowest BCUT2D eigenvalue weighted by molar-refractivity contribution is -0.137. The highest BCUT2D eigenvalue weighted by molar-refractivity contribution is 6.64. The lowest BCUT2D eigenvalue weighted by Crippen LogP contribution is -2.11. The predicted octanol–water partition coefficient (Wildman–Crippen LogP) is 5.81. The second-order valence-electron chi connectivity index (χ2n) is 6.34. The fourth-order valence-corrected chi connectivity index (χ4v) is 5.56. The molecule has 0 spiro atoms. The molecule has 0 rings (SSSR count). The Labute approximate surface area is 140 Å². The van der Waals surface area contributed by atoms with Gasteiger partial charge in [-0.1, -0.05) is 96.3 Å². The third kappa shape index (κ3) is 14.4. The van der Waals surface area contributed by atoms with Gasteiger partial charge in [-0.2, -0.15) is 0 Å². The van der Waals surface area contributed by atoms with Crippen LogP contribution in [-0.4, -0.2) is 21.4 Å². The maximum absolute atomic E-state index is 11.7. The van der Waals surface area contributed by atoms with E-state index < -0.39 is 8.80 Å². The highest BCUT2D eigenvalue weighted by Gasteiger charge is 2.07. The SMILES string of the molecule is CCCCCCCCOC(=O)C=C[SiH](CCCC)CCCC. The minimum Gasteiger partial charge on any atom is -0.463 e. The van der Waals surface area contributed by atoms with Crippen molar-refractivity contribution in [2.24, 2.45) is 0 Å². The third-order valence-electron chi connectivity index (χ3n) is 4.10. The molecule has 0 saturated carbocycles. The number of hydrogen-bond donors (Lipinski definition) is 0. The lowest BCUT2D eigenvalue weighted by Gasteiger charge is -2.09. The van der Waals surface area contributed by atoms with Crippen LogP contribution in [0.2, 0.25) is 12.1 Å². The third-order valence-corrected chi connectivity index (χ3v) is 7.14. The summed E-state index contributed by atoms with van der Waals surface area (Å²) in [7, 11) is -0.867. The number of esters is 1. The number of rotatable bonds is 15. The molecule has 0 heterocycles. The van der Waals surface area contributed by atoms with E-state index in [2.05, 4.69) is 26.5 Å². The molecule has 0 fully saturated rings. The van der Waals surface area contributed by atoms with Crippen molar-refractivity contribution in [1.82, 2.24) is 0 Å². The Morgan fingerprint density at radius 3 is 1.95 bits per heavy atom. The normalized spacial score (nSPS) is 11.5. The summed E-state index contributed by atoms with van der Waals surface area (Å²) < 4.78 is 5.30. The predicted molar refractivity (Wildman–Crippen MR) is 100 cm³/mol. The van der Waals surface area contributed by atoms with E-state index in [0.29, 0.717) is 6.61 Å². The van der Waals surface area contributed by atoms with Crippen molar-refractivity contribution in [3.8, 4) is 0 Å². The van der Waals surface area contributed by atoms with E-state index >= 15 is 0 Å².